The first-order valence-corrected chi connectivity index (χ1v) is 7.39. The van der Waals surface area contributed by atoms with Crippen LogP contribution < -0.4 is 10.1 Å². The molecule has 0 spiro atoms. The van der Waals surface area contributed by atoms with Crippen LogP contribution in [0.4, 0.5) is 4.79 Å². The summed E-state index contributed by atoms with van der Waals surface area (Å²) in [6.45, 7) is 9.27. The molecule has 0 aliphatic heterocycles. The van der Waals surface area contributed by atoms with Crippen molar-refractivity contribution in [2.45, 2.75) is 46.1 Å². The molecular formula is C15H24N2O6. The number of amides is 1. The van der Waals surface area contributed by atoms with Crippen molar-refractivity contribution in [3.05, 3.63) is 11.8 Å². The molecule has 2 N–H and O–H groups in total. The largest absolute Gasteiger partial charge is 0.481 e. The summed E-state index contributed by atoms with van der Waals surface area (Å²) in [5.41, 5.74) is -0.561. The third-order valence-electron chi connectivity index (χ3n) is 2.77. The molecule has 0 fully saturated rings. The van der Waals surface area contributed by atoms with Gasteiger partial charge in [0.1, 0.15) is 18.1 Å². The predicted octanol–water partition coefficient (Wildman–Crippen LogP) is 2.40. The Balaban J connectivity index is 2.43. The molecule has 8 heteroatoms. The van der Waals surface area contributed by atoms with Gasteiger partial charge in [-0.1, -0.05) is 13.8 Å². The van der Waals surface area contributed by atoms with Crippen LogP contribution in [0, 0.1) is 5.92 Å². The molecule has 1 unspecified atom stereocenters. The van der Waals surface area contributed by atoms with Gasteiger partial charge in [0.05, 0.1) is 6.54 Å². The zero-order chi connectivity index (χ0) is 17.6. The summed E-state index contributed by atoms with van der Waals surface area (Å²) in [5.74, 6) is -1.48. The minimum atomic E-state index is -0.978. The van der Waals surface area contributed by atoms with Crippen LogP contribution in [-0.2, 0) is 9.53 Å². The molecule has 0 radical (unpaired) electrons. The van der Waals surface area contributed by atoms with Crippen molar-refractivity contribution >= 4 is 12.1 Å². The van der Waals surface area contributed by atoms with Crippen molar-refractivity contribution in [3.8, 4) is 5.88 Å². The number of carbonyl (C=O) groups is 2. The SMILES string of the molecule is CC(C)C(C(=O)O)c1cc(OCCNC(=O)OC(C)(C)C)no1. The normalized spacial score (nSPS) is 12.8. The molecule has 0 saturated carbocycles. The lowest BCUT2D eigenvalue weighted by Crippen LogP contribution is -2.34. The second-order valence-corrected chi connectivity index (χ2v) is 6.40. The van der Waals surface area contributed by atoms with Gasteiger partial charge in [-0.05, 0) is 31.8 Å². The molecule has 1 heterocycles. The maximum absolute atomic E-state index is 11.4. The molecule has 1 rings (SSSR count). The van der Waals surface area contributed by atoms with Crippen LogP contribution in [0.1, 0.15) is 46.3 Å². The topological polar surface area (TPSA) is 111 Å². The molecule has 8 nitrogen and oxygen atoms in total. The molecule has 0 saturated heterocycles. The molecule has 0 bridgehead atoms. The van der Waals surface area contributed by atoms with Gasteiger partial charge in [-0.3, -0.25) is 4.79 Å². The number of ether oxygens (including phenoxy) is 2. The Bertz CT molecular complexity index is 532. The first-order valence-electron chi connectivity index (χ1n) is 7.39. The van der Waals surface area contributed by atoms with Gasteiger partial charge in [-0.15, -0.1) is 0 Å². The maximum atomic E-state index is 11.4. The number of carbonyl (C=O) groups excluding carboxylic acids is 1. The van der Waals surface area contributed by atoms with Gasteiger partial charge in [0.2, 0.25) is 0 Å². The van der Waals surface area contributed by atoms with E-state index in [1.54, 1.807) is 34.6 Å². The summed E-state index contributed by atoms with van der Waals surface area (Å²) in [5, 5.41) is 15.4. The number of nitrogens with zero attached hydrogens (tertiary/aromatic N) is 1. The van der Waals surface area contributed by atoms with Gasteiger partial charge < -0.3 is 24.4 Å². The van der Waals surface area contributed by atoms with E-state index < -0.39 is 23.6 Å². The monoisotopic (exact) mass is 328 g/mol. The van der Waals surface area contributed by atoms with Crippen LogP contribution in [0.5, 0.6) is 5.88 Å². The fourth-order valence-electron chi connectivity index (χ4n) is 1.84. The Morgan fingerprint density at radius 3 is 2.57 bits per heavy atom. The fraction of sp³-hybridized carbons (Fsp3) is 0.667. The van der Waals surface area contributed by atoms with E-state index >= 15 is 0 Å². The fourth-order valence-corrected chi connectivity index (χ4v) is 1.84. The lowest BCUT2D eigenvalue weighted by atomic mass is 9.94. The molecule has 0 aliphatic rings. The third kappa shape index (κ3) is 6.58. The van der Waals surface area contributed by atoms with Gasteiger partial charge in [-0.2, -0.15) is 0 Å². The van der Waals surface area contributed by atoms with Crippen LogP contribution in [0.25, 0.3) is 0 Å². The van der Waals surface area contributed by atoms with Gasteiger partial charge in [0.25, 0.3) is 5.88 Å². The molecule has 1 amide bonds. The van der Waals surface area contributed by atoms with E-state index in [-0.39, 0.29) is 30.7 Å². The highest BCUT2D eigenvalue weighted by Gasteiger charge is 2.28. The second-order valence-electron chi connectivity index (χ2n) is 6.40. The lowest BCUT2D eigenvalue weighted by molar-refractivity contribution is -0.140. The van der Waals surface area contributed by atoms with Gasteiger partial charge in [0, 0.05) is 6.07 Å². The third-order valence-corrected chi connectivity index (χ3v) is 2.77. The average Bonchev–Trinajstić information content (AvgIpc) is 2.80. The smallest absolute Gasteiger partial charge is 0.407 e. The number of carboxylic acids is 1. The summed E-state index contributed by atoms with van der Waals surface area (Å²) >= 11 is 0. The molecule has 0 aromatic carbocycles. The summed E-state index contributed by atoms with van der Waals surface area (Å²) in [6.07, 6.45) is -0.535. The molecule has 1 atom stereocenters. The van der Waals surface area contributed by atoms with Gasteiger partial charge in [0.15, 0.2) is 5.76 Å². The number of hydrogen-bond acceptors (Lipinski definition) is 6. The van der Waals surface area contributed by atoms with E-state index in [1.165, 1.54) is 6.07 Å². The first-order chi connectivity index (χ1) is 10.6. The zero-order valence-electron chi connectivity index (χ0n) is 14.1. The van der Waals surface area contributed by atoms with Gasteiger partial charge in [-0.25, -0.2) is 4.79 Å². The Morgan fingerprint density at radius 2 is 2.04 bits per heavy atom. The Labute approximate surface area is 135 Å². The van der Waals surface area contributed by atoms with Crippen LogP contribution in [0.2, 0.25) is 0 Å². The summed E-state index contributed by atoms with van der Waals surface area (Å²) in [4.78, 5) is 22.6. The Kier molecular flexibility index (Phi) is 6.41. The van der Waals surface area contributed by atoms with E-state index in [0.29, 0.717) is 0 Å². The highest BCUT2D eigenvalue weighted by Crippen LogP contribution is 2.27. The second kappa shape index (κ2) is 7.85. The number of nitrogens with one attached hydrogen (secondary N) is 1. The predicted molar refractivity (Wildman–Crippen MR) is 81.4 cm³/mol. The average molecular weight is 328 g/mol. The molecule has 1 aromatic heterocycles. The van der Waals surface area contributed by atoms with Crippen molar-refractivity contribution in [2.24, 2.45) is 5.92 Å². The maximum Gasteiger partial charge on any atom is 0.407 e. The number of alkyl carbamates (subject to hydrolysis) is 1. The molecule has 130 valence electrons. The van der Waals surface area contributed by atoms with E-state index in [1.807, 2.05) is 0 Å². The van der Waals surface area contributed by atoms with Crippen LogP contribution in [-0.4, -0.2) is 41.1 Å². The minimum absolute atomic E-state index is 0.137. The minimum Gasteiger partial charge on any atom is -0.481 e. The Hall–Kier alpha value is -2.25. The summed E-state index contributed by atoms with van der Waals surface area (Å²) in [6, 6.07) is 1.45. The number of aliphatic carboxylic acids is 1. The quantitative estimate of drug-likeness (QED) is 0.739. The highest BCUT2D eigenvalue weighted by atomic mass is 16.6. The molecule has 1 aromatic rings. The van der Waals surface area contributed by atoms with Crippen LogP contribution >= 0.6 is 0 Å². The van der Waals surface area contributed by atoms with Gasteiger partial charge >= 0.3 is 12.1 Å². The van der Waals surface area contributed by atoms with Crippen molar-refractivity contribution < 1.29 is 28.7 Å². The van der Waals surface area contributed by atoms with Crippen molar-refractivity contribution in [1.29, 1.82) is 0 Å². The lowest BCUT2D eigenvalue weighted by Gasteiger charge is -2.19. The summed E-state index contributed by atoms with van der Waals surface area (Å²) in [7, 11) is 0. The van der Waals surface area contributed by atoms with E-state index in [2.05, 4.69) is 10.5 Å². The van der Waals surface area contributed by atoms with E-state index in [9.17, 15) is 14.7 Å². The standard InChI is InChI=1S/C15H24N2O6/c1-9(2)12(13(18)19)10-8-11(17-23-10)21-7-6-16-14(20)22-15(3,4)5/h8-9,12H,6-7H2,1-5H3,(H,16,20)(H,18,19). The van der Waals surface area contributed by atoms with Crippen molar-refractivity contribution in [1.82, 2.24) is 10.5 Å². The Morgan fingerprint density at radius 1 is 1.39 bits per heavy atom. The number of aromatic nitrogens is 1. The van der Waals surface area contributed by atoms with Crippen LogP contribution in [0.15, 0.2) is 10.6 Å². The van der Waals surface area contributed by atoms with E-state index in [0.717, 1.165) is 0 Å². The molecule has 23 heavy (non-hydrogen) atoms. The number of rotatable bonds is 7. The highest BCUT2D eigenvalue weighted by molar-refractivity contribution is 5.75. The number of carboxylic acid groups (broad SMARTS) is 1. The van der Waals surface area contributed by atoms with Crippen LogP contribution in [0.3, 0.4) is 0 Å². The van der Waals surface area contributed by atoms with Crippen molar-refractivity contribution in [3.63, 3.8) is 0 Å². The molecule has 0 aliphatic carbocycles. The van der Waals surface area contributed by atoms with Crippen molar-refractivity contribution in [2.75, 3.05) is 13.2 Å². The molecular weight excluding hydrogens is 304 g/mol. The first kappa shape index (κ1) is 18.8. The van der Waals surface area contributed by atoms with E-state index in [4.69, 9.17) is 14.0 Å². The summed E-state index contributed by atoms with van der Waals surface area (Å²) < 4.78 is 15.4. The zero-order valence-corrected chi connectivity index (χ0v) is 14.1. The number of hydrogen-bond donors (Lipinski definition) is 2.